The van der Waals surface area contributed by atoms with Gasteiger partial charge in [0.2, 0.25) is 5.41 Å². The lowest BCUT2D eigenvalue weighted by atomic mass is 9.45. The summed E-state index contributed by atoms with van der Waals surface area (Å²) in [5.41, 5.74) is -11.7. The van der Waals surface area contributed by atoms with Crippen molar-refractivity contribution in [1.29, 1.82) is 0 Å². The van der Waals surface area contributed by atoms with Gasteiger partial charge in [0, 0.05) is 5.92 Å². The Balaban J connectivity index is 3.21. The maximum absolute atomic E-state index is 12.1. The summed E-state index contributed by atoms with van der Waals surface area (Å²) in [4.78, 5) is 83.3. The maximum atomic E-state index is 12.1. The standard InChI is InChI=1S/C14H12O14/c15-5(16)3-2-1-12(7(19)20,4(3)6(17)18)14(10(25)26,11(27)28)13(2,8(21)22)9(23)24/h2-4H,1H2,(H,15,16)(H,17,18)(H,19,20)(H,21,22)(H,23,24)(H,25,26)(H,27,28). The van der Waals surface area contributed by atoms with E-state index in [-0.39, 0.29) is 0 Å². The first-order valence-corrected chi connectivity index (χ1v) is 7.33. The fourth-order valence-corrected chi connectivity index (χ4v) is 5.18. The Bertz CT molecular complexity index is 826. The second-order valence-electron chi connectivity index (χ2n) is 6.55. The monoisotopic (exact) mass is 404 g/mol. The van der Waals surface area contributed by atoms with E-state index in [9.17, 15) is 69.3 Å². The molecule has 2 aliphatic carbocycles. The summed E-state index contributed by atoms with van der Waals surface area (Å²) in [6.45, 7) is 0. The first kappa shape index (κ1) is 20.6. The molecule has 2 rings (SSSR count). The number of rotatable bonds is 7. The molecule has 0 aromatic rings. The Kier molecular flexibility index (Phi) is 4.15. The summed E-state index contributed by atoms with van der Waals surface area (Å²) >= 11 is 0. The van der Waals surface area contributed by atoms with Gasteiger partial charge in [0.15, 0.2) is 5.41 Å². The van der Waals surface area contributed by atoms with Gasteiger partial charge in [-0.15, -0.1) is 0 Å². The number of hydrogen-bond acceptors (Lipinski definition) is 7. The lowest BCUT2D eigenvalue weighted by Gasteiger charge is -2.49. The van der Waals surface area contributed by atoms with E-state index in [0.717, 1.165) is 0 Å². The zero-order chi connectivity index (χ0) is 22.0. The second kappa shape index (κ2) is 5.64. The van der Waals surface area contributed by atoms with Gasteiger partial charge in [0.05, 0.1) is 11.8 Å². The number of fused-ring (bicyclic) bond motifs is 2. The van der Waals surface area contributed by atoms with Crippen molar-refractivity contribution in [3.8, 4) is 0 Å². The van der Waals surface area contributed by atoms with Crippen molar-refractivity contribution < 1.29 is 69.3 Å². The summed E-state index contributed by atoms with van der Waals surface area (Å²) in [5.74, 6) is -25.0. The molecular formula is C14H12O14. The number of aliphatic carboxylic acids is 7. The van der Waals surface area contributed by atoms with Crippen LogP contribution in [0.5, 0.6) is 0 Å². The molecule has 2 fully saturated rings. The quantitative estimate of drug-likeness (QED) is 0.222. The van der Waals surface area contributed by atoms with Crippen molar-refractivity contribution in [3.05, 3.63) is 0 Å². The molecule has 0 radical (unpaired) electrons. The van der Waals surface area contributed by atoms with Gasteiger partial charge in [-0.05, 0) is 6.42 Å². The molecule has 4 unspecified atom stereocenters. The molecule has 0 aromatic carbocycles. The summed E-state index contributed by atoms with van der Waals surface area (Å²) in [6, 6.07) is 0. The number of carboxylic acid groups (broad SMARTS) is 7. The maximum Gasteiger partial charge on any atom is 0.324 e. The smallest absolute Gasteiger partial charge is 0.324 e. The Morgan fingerprint density at radius 3 is 1.29 bits per heavy atom. The number of hydrogen-bond donors (Lipinski definition) is 7. The highest BCUT2D eigenvalue weighted by Gasteiger charge is 2.95. The minimum atomic E-state index is -4.21. The predicted octanol–water partition coefficient (Wildman–Crippen LogP) is -2.20. The van der Waals surface area contributed by atoms with Gasteiger partial charge in [-0.1, -0.05) is 0 Å². The molecule has 0 amide bonds. The van der Waals surface area contributed by atoms with Gasteiger partial charge in [-0.25, -0.2) is 0 Å². The van der Waals surface area contributed by atoms with Crippen molar-refractivity contribution in [3.63, 3.8) is 0 Å². The summed E-state index contributed by atoms with van der Waals surface area (Å²) in [5, 5.41) is 66.8. The first-order valence-electron chi connectivity index (χ1n) is 7.33. The molecule has 14 heteroatoms. The molecule has 2 aliphatic rings. The van der Waals surface area contributed by atoms with Gasteiger partial charge in [-0.3, -0.25) is 33.6 Å². The predicted molar refractivity (Wildman–Crippen MR) is 75.8 cm³/mol. The van der Waals surface area contributed by atoms with Crippen LogP contribution in [-0.2, 0) is 33.6 Å². The zero-order valence-electron chi connectivity index (χ0n) is 13.4. The molecule has 0 aliphatic heterocycles. The third kappa shape index (κ3) is 1.69. The summed E-state index contributed by atoms with van der Waals surface area (Å²) < 4.78 is 0. The Morgan fingerprint density at radius 2 is 1.04 bits per heavy atom. The highest BCUT2D eigenvalue weighted by Crippen LogP contribution is 2.77. The van der Waals surface area contributed by atoms with Crippen LogP contribution in [0.2, 0.25) is 0 Å². The van der Waals surface area contributed by atoms with Crippen LogP contribution in [0.1, 0.15) is 6.42 Å². The van der Waals surface area contributed by atoms with Crippen molar-refractivity contribution in [1.82, 2.24) is 0 Å². The van der Waals surface area contributed by atoms with Crippen molar-refractivity contribution in [2.24, 2.45) is 34.0 Å². The van der Waals surface area contributed by atoms with Crippen LogP contribution in [-0.4, -0.2) is 77.5 Å². The van der Waals surface area contributed by atoms with Crippen molar-refractivity contribution in [2.45, 2.75) is 6.42 Å². The lowest BCUT2D eigenvalue weighted by Crippen LogP contribution is -2.73. The molecule has 152 valence electrons. The minimum Gasteiger partial charge on any atom is -0.481 e. The van der Waals surface area contributed by atoms with E-state index < -0.39 is 82.2 Å². The first-order chi connectivity index (χ1) is 12.7. The van der Waals surface area contributed by atoms with E-state index in [1.807, 2.05) is 0 Å². The van der Waals surface area contributed by atoms with E-state index in [0.29, 0.717) is 0 Å². The van der Waals surface area contributed by atoms with Gasteiger partial charge in [0.25, 0.3) is 0 Å². The van der Waals surface area contributed by atoms with Crippen LogP contribution >= 0.6 is 0 Å². The molecule has 28 heavy (non-hydrogen) atoms. The molecule has 14 nitrogen and oxygen atoms in total. The van der Waals surface area contributed by atoms with Gasteiger partial charge < -0.3 is 35.7 Å². The molecule has 0 spiro atoms. The molecule has 0 heterocycles. The fraction of sp³-hybridized carbons (Fsp3) is 0.500. The van der Waals surface area contributed by atoms with E-state index in [1.54, 1.807) is 0 Å². The third-order valence-electron chi connectivity index (χ3n) is 5.93. The molecular weight excluding hydrogens is 392 g/mol. The fourth-order valence-electron chi connectivity index (χ4n) is 5.18. The van der Waals surface area contributed by atoms with E-state index >= 15 is 0 Å². The Morgan fingerprint density at radius 1 is 0.607 bits per heavy atom. The molecule has 0 aromatic heterocycles. The third-order valence-corrected chi connectivity index (χ3v) is 5.93. The van der Waals surface area contributed by atoms with Crippen LogP contribution < -0.4 is 0 Å². The SMILES string of the molecule is O=C(O)C1C(C(=O)O)C2(C(=O)O)CC1C(C(=O)O)(C(=O)O)C2(C(=O)O)C(=O)O. The Hall–Kier alpha value is -3.71. The van der Waals surface area contributed by atoms with Crippen LogP contribution in [0.3, 0.4) is 0 Å². The minimum absolute atomic E-state index is 1.41. The van der Waals surface area contributed by atoms with Crippen molar-refractivity contribution in [2.75, 3.05) is 0 Å². The van der Waals surface area contributed by atoms with Crippen LogP contribution in [0.25, 0.3) is 0 Å². The van der Waals surface area contributed by atoms with Crippen LogP contribution in [0.4, 0.5) is 0 Å². The number of carboxylic acids is 7. The highest BCUT2D eigenvalue weighted by molar-refractivity contribution is 6.19. The van der Waals surface area contributed by atoms with Crippen LogP contribution in [0.15, 0.2) is 0 Å². The van der Waals surface area contributed by atoms with Gasteiger partial charge in [-0.2, -0.15) is 0 Å². The summed E-state index contributed by atoms with van der Waals surface area (Å²) in [7, 11) is 0. The van der Waals surface area contributed by atoms with Crippen LogP contribution in [0, 0.1) is 34.0 Å². The van der Waals surface area contributed by atoms with Gasteiger partial charge in [0.1, 0.15) is 5.41 Å². The van der Waals surface area contributed by atoms with E-state index in [1.165, 1.54) is 0 Å². The number of carbonyl (C=O) groups is 7. The van der Waals surface area contributed by atoms with E-state index in [2.05, 4.69) is 0 Å². The second-order valence-corrected chi connectivity index (χ2v) is 6.55. The van der Waals surface area contributed by atoms with E-state index in [4.69, 9.17) is 0 Å². The zero-order valence-corrected chi connectivity index (χ0v) is 13.4. The molecule has 7 N–H and O–H groups in total. The Labute approximate surface area is 152 Å². The molecule has 0 saturated heterocycles. The summed E-state index contributed by atoms with van der Waals surface area (Å²) in [6.07, 6.45) is -1.41. The van der Waals surface area contributed by atoms with Gasteiger partial charge >= 0.3 is 41.8 Å². The van der Waals surface area contributed by atoms with Crippen molar-refractivity contribution >= 4 is 41.8 Å². The normalized spacial score (nSPS) is 31.6. The molecule has 2 bridgehead atoms. The topological polar surface area (TPSA) is 261 Å². The molecule has 2 saturated carbocycles. The average Bonchev–Trinajstić information content (AvgIpc) is 3.02. The average molecular weight is 404 g/mol. The molecule has 4 atom stereocenters. The largest absolute Gasteiger partial charge is 0.481 e. The highest BCUT2D eigenvalue weighted by atomic mass is 16.4. The lowest BCUT2D eigenvalue weighted by molar-refractivity contribution is -0.223.